The van der Waals surface area contributed by atoms with Gasteiger partial charge in [0, 0.05) is 32.4 Å². The van der Waals surface area contributed by atoms with Gasteiger partial charge in [-0.1, -0.05) is 0 Å². The fourth-order valence-electron chi connectivity index (χ4n) is 1.62. The van der Waals surface area contributed by atoms with E-state index in [1.54, 1.807) is 12.3 Å². The molecule has 1 aliphatic rings. The highest BCUT2D eigenvalue weighted by molar-refractivity contribution is 6.28. The summed E-state index contributed by atoms with van der Waals surface area (Å²) in [5, 5.41) is 10.8. The number of amides is 1. The first kappa shape index (κ1) is 10.9. The summed E-state index contributed by atoms with van der Waals surface area (Å²) in [5.74, 6) is 0.720. The topological polar surface area (TPSA) is 72.4 Å². The van der Waals surface area contributed by atoms with Gasteiger partial charge >= 0.3 is 0 Å². The van der Waals surface area contributed by atoms with E-state index in [1.807, 2.05) is 4.90 Å². The van der Waals surface area contributed by atoms with Crippen molar-refractivity contribution in [1.29, 1.82) is 0 Å². The molecule has 0 bridgehead atoms. The molecule has 0 saturated carbocycles. The summed E-state index contributed by atoms with van der Waals surface area (Å²) >= 11 is 5.68. The minimum Gasteiger partial charge on any atom is -0.530 e. The number of hydrogen-bond donors (Lipinski definition) is 0. The second-order valence-corrected chi connectivity index (χ2v) is 3.76. The largest absolute Gasteiger partial charge is 0.530 e. The van der Waals surface area contributed by atoms with E-state index >= 15 is 0 Å². The van der Waals surface area contributed by atoms with Crippen molar-refractivity contribution in [1.82, 2.24) is 14.9 Å². The lowest BCUT2D eigenvalue weighted by Crippen LogP contribution is -2.52. The van der Waals surface area contributed by atoms with Gasteiger partial charge in [-0.3, -0.25) is 0 Å². The first-order valence-electron chi connectivity index (χ1n) is 4.86. The molecule has 0 radical (unpaired) electrons. The molecule has 0 aromatic carbocycles. The molecular weight excluding hydrogens is 232 g/mol. The lowest BCUT2D eigenvalue weighted by Gasteiger charge is -2.36. The number of carboxylic acid groups (broad SMARTS) is 1. The van der Waals surface area contributed by atoms with Gasteiger partial charge in [0.2, 0.25) is 5.28 Å². The highest BCUT2D eigenvalue weighted by atomic mass is 35.5. The Kier molecular flexibility index (Phi) is 3.09. The van der Waals surface area contributed by atoms with Crippen molar-refractivity contribution >= 4 is 23.5 Å². The van der Waals surface area contributed by atoms with Crippen molar-refractivity contribution < 1.29 is 9.90 Å². The molecule has 7 heteroatoms. The first-order chi connectivity index (χ1) is 7.66. The average molecular weight is 242 g/mol. The van der Waals surface area contributed by atoms with Crippen LogP contribution in [0, 0.1) is 0 Å². The summed E-state index contributed by atoms with van der Waals surface area (Å²) in [6, 6.07) is 1.75. The maximum Gasteiger partial charge on any atom is 0.224 e. The maximum absolute atomic E-state index is 10.6. The van der Waals surface area contributed by atoms with Crippen LogP contribution in [-0.2, 0) is 0 Å². The fourth-order valence-corrected chi connectivity index (χ4v) is 1.76. The van der Waals surface area contributed by atoms with Crippen molar-refractivity contribution in [3.63, 3.8) is 0 Å². The Morgan fingerprint density at radius 3 is 2.62 bits per heavy atom. The van der Waals surface area contributed by atoms with E-state index in [9.17, 15) is 9.90 Å². The monoisotopic (exact) mass is 241 g/mol. The summed E-state index contributed by atoms with van der Waals surface area (Å²) in [4.78, 5) is 21.7. The van der Waals surface area contributed by atoms with Gasteiger partial charge in [-0.2, -0.15) is 0 Å². The zero-order valence-corrected chi connectivity index (χ0v) is 9.22. The zero-order chi connectivity index (χ0) is 11.5. The van der Waals surface area contributed by atoms with E-state index < -0.39 is 6.09 Å². The quantitative estimate of drug-likeness (QED) is 0.626. The molecule has 86 valence electrons. The minimum atomic E-state index is -1.12. The van der Waals surface area contributed by atoms with Gasteiger partial charge in [0.1, 0.15) is 11.9 Å². The fraction of sp³-hybridized carbons (Fsp3) is 0.444. The molecule has 1 aliphatic heterocycles. The third-order valence-corrected chi connectivity index (χ3v) is 2.66. The van der Waals surface area contributed by atoms with Crippen LogP contribution in [0.15, 0.2) is 12.3 Å². The average Bonchev–Trinajstić information content (AvgIpc) is 2.29. The Labute approximate surface area is 97.5 Å². The van der Waals surface area contributed by atoms with Gasteiger partial charge in [0.15, 0.2) is 0 Å². The summed E-state index contributed by atoms with van der Waals surface area (Å²) < 4.78 is 0. The maximum atomic E-state index is 10.6. The van der Waals surface area contributed by atoms with Gasteiger partial charge < -0.3 is 19.7 Å². The summed E-state index contributed by atoms with van der Waals surface area (Å²) in [7, 11) is 0. The molecule has 16 heavy (non-hydrogen) atoms. The zero-order valence-electron chi connectivity index (χ0n) is 8.47. The number of nitrogens with zero attached hydrogens (tertiary/aromatic N) is 4. The number of rotatable bonds is 1. The van der Waals surface area contributed by atoms with Crippen LogP contribution < -0.4 is 10.0 Å². The van der Waals surface area contributed by atoms with Gasteiger partial charge in [-0.25, -0.2) is 9.97 Å². The minimum absolute atomic E-state index is 0.194. The van der Waals surface area contributed by atoms with Gasteiger partial charge in [-0.15, -0.1) is 0 Å². The summed E-state index contributed by atoms with van der Waals surface area (Å²) in [5.41, 5.74) is 0. The van der Waals surface area contributed by atoms with E-state index in [1.165, 1.54) is 4.90 Å². The van der Waals surface area contributed by atoms with E-state index in [-0.39, 0.29) is 5.28 Å². The first-order valence-corrected chi connectivity index (χ1v) is 5.24. The molecule has 0 N–H and O–H groups in total. The van der Waals surface area contributed by atoms with Crippen molar-refractivity contribution in [3.05, 3.63) is 17.5 Å². The molecule has 1 fully saturated rings. The molecule has 0 spiro atoms. The molecule has 6 nitrogen and oxygen atoms in total. The molecule has 1 saturated heterocycles. The second kappa shape index (κ2) is 4.52. The smallest absolute Gasteiger partial charge is 0.224 e. The molecule has 2 rings (SSSR count). The third kappa shape index (κ3) is 2.33. The Morgan fingerprint density at radius 1 is 1.38 bits per heavy atom. The van der Waals surface area contributed by atoms with Gasteiger partial charge in [0.05, 0.1) is 0 Å². The number of hydrogen-bond acceptors (Lipinski definition) is 5. The molecule has 1 amide bonds. The van der Waals surface area contributed by atoms with E-state index in [0.717, 1.165) is 5.82 Å². The number of carbonyl (C=O) groups excluding carboxylic acids is 1. The van der Waals surface area contributed by atoms with Crippen LogP contribution in [0.3, 0.4) is 0 Å². The summed E-state index contributed by atoms with van der Waals surface area (Å²) in [6.45, 7) is 2.01. The van der Waals surface area contributed by atoms with Crippen molar-refractivity contribution in [3.8, 4) is 0 Å². The number of halogens is 1. The molecule has 0 aliphatic carbocycles. The lowest BCUT2D eigenvalue weighted by molar-refractivity contribution is -0.265. The van der Waals surface area contributed by atoms with E-state index in [4.69, 9.17) is 11.6 Å². The van der Waals surface area contributed by atoms with Crippen LogP contribution in [-0.4, -0.2) is 47.1 Å². The van der Waals surface area contributed by atoms with Gasteiger partial charge in [-0.05, 0) is 17.7 Å². The Bertz CT molecular complexity index is 393. The van der Waals surface area contributed by atoms with Crippen molar-refractivity contribution in [2.24, 2.45) is 0 Å². The predicted octanol–water partition coefficient (Wildman–Crippen LogP) is -0.405. The van der Waals surface area contributed by atoms with Crippen LogP contribution in [0.1, 0.15) is 0 Å². The Hall–Kier alpha value is -1.56. The Morgan fingerprint density at radius 2 is 2.06 bits per heavy atom. The molecule has 1 aromatic heterocycles. The number of piperazine rings is 1. The molecule has 2 heterocycles. The van der Waals surface area contributed by atoms with Crippen molar-refractivity contribution in [2.45, 2.75) is 0 Å². The normalized spacial score (nSPS) is 16.3. The third-order valence-electron chi connectivity index (χ3n) is 2.47. The molecule has 1 aromatic rings. The van der Waals surface area contributed by atoms with Crippen LogP contribution in [0.2, 0.25) is 5.28 Å². The highest BCUT2D eigenvalue weighted by Crippen LogP contribution is 2.14. The predicted molar refractivity (Wildman–Crippen MR) is 56.2 cm³/mol. The lowest BCUT2D eigenvalue weighted by atomic mass is 10.3. The van der Waals surface area contributed by atoms with Crippen LogP contribution >= 0.6 is 11.6 Å². The van der Waals surface area contributed by atoms with E-state index in [0.29, 0.717) is 26.2 Å². The standard InChI is InChI=1S/C9H11ClN4O2/c10-8-11-2-1-7(12-8)13-3-5-14(6-4-13)9(15)16/h1-2H,3-6H2,(H,15,16)/p-1. The van der Waals surface area contributed by atoms with Crippen LogP contribution in [0.5, 0.6) is 0 Å². The van der Waals surface area contributed by atoms with E-state index in [2.05, 4.69) is 9.97 Å². The Balaban J connectivity index is 2.01. The molecular formula is C9H10ClN4O2-. The highest BCUT2D eigenvalue weighted by Gasteiger charge is 2.17. The SMILES string of the molecule is O=C([O-])N1CCN(c2ccnc(Cl)n2)CC1. The number of aromatic nitrogens is 2. The molecule has 0 atom stereocenters. The number of anilines is 1. The number of carbonyl (C=O) groups is 1. The van der Waals surface area contributed by atoms with Crippen LogP contribution in [0.4, 0.5) is 10.6 Å². The van der Waals surface area contributed by atoms with Crippen LogP contribution in [0.25, 0.3) is 0 Å². The van der Waals surface area contributed by atoms with Crippen molar-refractivity contribution in [2.75, 3.05) is 31.1 Å². The van der Waals surface area contributed by atoms with Gasteiger partial charge in [0.25, 0.3) is 0 Å². The second-order valence-electron chi connectivity index (χ2n) is 3.42. The summed E-state index contributed by atoms with van der Waals surface area (Å²) in [6.07, 6.45) is 0.455. The molecule has 0 unspecified atom stereocenters.